The lowest BCUT2D eigenvalue weighted by Crippen LogP contribution is -2.52. The van der Waals surface area contributed by atoms with Crippen LogP contribution in [-0.4, -0.2) is 33.3 Å². The third-order valence-electron chi connectivity index (χ3n) is 4.35. The molecule has 25 heavy (non-hydrogen) atoms. The fraction of sp³-hybridized carbons (Fsp3) is 0.176. The summed E-state index contributed by atoms with van der Waals surface area (Å²) in [7, 11) is 0. The van der Waals surface area contributed by atoms with E-state index in [1.807, 2.05) is 0 Å². The minimum atomic E-state index is -4.90. The summed E-state index contributed by atoms with van der Waals surface area (Å²) in [4.78, 5) is 15.9. The van der Waals surface area contributed by atoms with Crippen molar-refractivity contribution < 1.29 is 22.7 Å². The second-order valence-electron chi connectivity index (χ2n) is 5.69. The number of pyridine rings is 1. The number of hydrogen-bond acceptors (Lipinski definition) is 3. The molecule has 0 N–H and O–H groups in total. The Kier molecular flexibility index (Phi) is 3.24. The molecule has 1 saturated heterocycles. The molecule has 3 heterocycles. The Labute approximate surface area is 140 Å². The Morgan fingerprint density at radius 2 is 1.84 bits per heavy atom. The first-order valence-electron chi connectivity index (χ1n) is 7.45. The van der Waals surface area contributed by atoms with Crippen molar-refractivity contribution in [1.29, 1.82) is 0 Å². The Hall–Kier alpha value is -3.03. The third-order valence-corrected chi connectivity index (χ3v) is 4.35. The molecule has 0 bridgehead atoms. The summed E-state index contributed by atoms with van der Waals surface area (Å²) in [5.41, 5.74) is -0.728. The maximum atomic E-state index is 13.7. The molecule has 4 rings (SSSR count). The molecule has 2 aromatic heterocycles. The van der Waals surface area contributed by atoms with E-state index >= 15 is 0 Å². The van der Waals surface area contributed by atoms with Crippen molar-refractivity contribution in [2.24, 2.45) is 0 Å². The Morgan fingerprint density at radius 1 is 1.08 bits per heavy atom. The summed E-state index contributed by atoms with van der Waals surface area (Å²) in [6.07, 6.45) is -1.47. The zero-order valence-electron chi connectivity index (χ0n) is 12.8. The number of amides is 1. The topological polar surface area (TPSA) is 46.8 Å². The zero-order valence-corrected chi connectivity index (χ0v) is 12.8. The van der Waals surface area contributed by atoms with Crippen LogP contribution in [0.5, 0.6) is 0 Å². The number of benzene rings is 1. The van der Waals surface area contributed by atoms with Crippen LogP contribution in [0.2, 0.25) is 0 Å². The van der Waals surface area contributed by atoms with Gasteiger partial charge in [0, 0.05) is 18.6 Å². The smallest absolute Gasteiger partial charge is 0.446 e. The first-order chi connectivity index (χ1) is 11.9. The molecule has 1 atom stereocenters. The molecule has 1 aromatic carbocycles. The number of carbonyl (C=O) groups excluding carboxylic acids is 1. The van der Waals surface area contributed by atoms with Crippen LogP contribution >= 0.6 is 0 Å². The van der Waals surface area contributed by atoms with Gasteiger partial charge in [0.2, 0.25) is 0 Å². The first kappa shape index (κ1) is 15.5. The van der Waals surface area contributed by atoms with E-state index in [0.717, 1.165) is 0 Å². The Morgan fingerprint density at radius 3 is 2.56 bits per heavy atom. The summed E-state index contributed by atoms with van der Waals surface area (Å²) in [5.74, 6) is 0. The number of ether oxygens (including phenoxy) is 1. The molecule has 0 spiro atoms. The van der Waals surface area contributed by atoms with E-state index in [9.17, 15) is 18.0 Å². The number of cyclic esters (lactones) is 1. The van der Waals surface area contributed by atoms with Gasteiger partial charge < -0.3 is 9.14 Å². The van der Waals surface area contributed by atoms with Crippen molar-refractivity contribution in [2.75, 3.05) is 6.61 Å². The van der Waals surface area contributed by atoms with E-state index in [1.165, 1.54) is 6.07 Å². The van der Waals surface area contributed by atoms with Gasteiger partial charge in [-0.05, 0) is 23.3 Å². The molecule has 128 valence electrons. The lowest BCUT2D eigenvalue weighted by molar-refractivity contribution is -0.241. The molecule has 1 unspecified atom stereocenters. The van der Waals surface area contributed by atoms with Gasteiger partial charge in [0.05, 0.1) is 0 Å². The van der Waals surface area contributed by atoms with E-state index in [2.05, 4.69) is 4.98 Å². The van der Waals surface area contributed by atoms with Gasteiger partial charge in [0.15, 0.2) is 0 Å². The van der Waals surface area contributed by atoms with Crippen molar-refractivity contribution in [1.82, 2.24) is 14.3 Å². The van der Waals surface area contributed by atoms with Crippen molar-refractivity contribution in [3.05, 3.63) is 72.2 Å². The van der Waals surface area contributed by atoms with Crippen molar-refractivity contribution in [2.45, 2.75) is 11.8 Å². The van der Waals surface area contributed by atoms with E-state index in [1.54, 1.807) is 59.4 Å². The van der Waals surface area contributed by atoms with Crippen LogP contribution in [0.1, 0.15) is 11.1 Å². The molecule has 3 aromatic rings. The average molecular weight is 347 g/mol. The van der Waals surface area contributed by atoms with Gasteiger partial charge in [-0.3, -0.25) is 0 Å². The van der Waals surface area contributed by atoms with Gasteiger partial charge >= 0.3 is 12.4 Å². The SMILES string of the molecule is O=C1OCC(c2ccccc2)(c2ccn3ccnc3c2)N1C(F)(F)F. The highest BCUT2D eigenvalue weighted by Crippen LogP contribution is 2.46. The monoisotopic (exact) mass is 347 g/mol. The second-order valence-corrected chi connectivity index (χ2v) is 5.69. The predicted molar refractivity (Wildman–Crippen MR) is 81.7 cm³/mol. The van der Waals surface area contributed by atoms with Gasteiger partial charge in [-0.15, -0.1) is 13.2 Å². The molecule has 5 nitrogen and oxygen atoms in total. The van der Waals surface area contributed by atoms with Gasteiger partial charge in [-0.1, -0.05) is 30.3 Å². The Balaban J connectivity index is 2.01. The molecule has 8 heteroatoms. The van der Waals surface area contributed by atoms with Crippen LogP contribution in [0.3, 0.4) is 0 Å². The number of hydrogen-bond donors (Lipinski definition) is 0. The molecule has 1 amide bonds. The number of rotatable bonds is 2. The normalized spacial score (nSPS) is 20.9. The van der Waals surface area contributed by atoms with Crippen LogP contribution in [0.25, 0.3) is 5.65 Å². The fourth-order valence-corrected chi connectivity index (χ4v) is 3.24. The number of fused-ring (bicyclic) bond motifs is 1. The first-order valence-corrected chi connectivity index (χ1v) is 7.45. The van der Waals surface area contributed by atoms with E-state index in [0.29, 0.717) is 11.2 Å². The summed E-state index contributed by atoms with van der Waals surface area (Å²) < 4.78 is 47.7. The minimum absolute atomic E-state index is 0.149. The standard InChI is InChI=1S/C17H12F3N3O2/c18-17(19,20)23-15(24)25-11-16(23,12-4-2-1-3-5-12)13-6-8-22-9-7-21-14(22)10-13/h1-10H,11H2. The maximum absolute atomic E-state index is 13.7. The number of nitrogens with zero attached hydrogens (tertiary/aromatic N) is 3. The van der Waals surface area contributed by atoms with Gasteiger partial charge in [0.25, 0.3) is 0 Å². The molecule has 1 fully saturated rings. The third kappa shape index (κ3) is 2.25. The highest BCUT2D eigenvalue weighted by molar-refractivity contribution is 5.74. The molecule has 0 radical (unpaired) electrons. The average Bonchev–Trinajstić information content (AvgIpc) is 3.19. The lowest BCUT2D eigenvalue weighted by Gasteiger charge is -2.37. The van der Waals surface area contributed by atoms with Crippen LogP contribution in [0, 0.1) is 0 Å². The van der Waals surface area contributed by atoms with E-state index in [-0.39, 0.29) is 10.5 Å². The van der Waals surface area contributed by atoms with Crippen LogP contribution < -0.4 is 0 Å². The van der Waals surface area contributed by atoms with Crippen molar-refractivity contribution in [3.63, 3.8) is 0 Å². The van der Waals surface area contributed by atoms with Crippen molar-refractivity contribution >= 4 is 11.7 Å². The fourth-order valence-electron chi connectivity index (χ4n) is 3.24. The predicted octanol–water partition coefficient (Wildman–Crippen LogP) is 3.55. The summed E-state index contributed by atoms with van der Waals surface area (Å²) in [6, 6.07) is 11.1. The number of carbonyl (C=O) groups is 1. The zero-order chi connectivity index (χ0) is 17.7. The highest BCUT2D eigenvalue weighted by atomic mass is 19.4. The van der Waals surface area contributed by atoms with Crippen molar-refractivity contribution in [3.8, 4) is 0 Å². The molecule has 1 aliphatic heterocycles. The molecular formula is C17H12F3N3O2. The second kappa shape index (κ2) is 5.23. The number of imidazole rings is 1. The van der Waals surface area contributed by atoms with E-state index in [4.69, 9.17) is 4.74 Å². The van der Waals surface area contributed by atoms with Gasteiger partial charge in [-0.2, -0.15) is 0 Å². The highest BCUT2D eigenvalue weighted by Gasteiger charge is 2.61. The summed E-state index contributed by atoms with van der Waals surface area (Å²) in [6.45, 7) is -0.438. The molecular weight excluding hydrogens is 335 g/mol. The number of halogens is 3. The molecule has 0 saturated carbocycles. The minimum Gasteiger partial charge on any atom is -0.446 e. The van der Waals surface area contributed by atoms with Gasteiger partial charge in [-0.25, -0.2) is 14.7 Å². The maximum Gasteiger partial charge on any atom is 0.490 e. The van der Waals surface area contributed by atoms with Crippen LogP contribution in [-0.2, 0) is 10.3 Å². The number of alkyl halides is 3. The Bertz CT molecular complexity index is 939. The molecule has 1 aliphatic rings. The van der Waals surface area contributed by atoms with E-state index < -0.39 is 24.5 Å². The molecule has 0 aliphatic carbocycles. The lowest BCUT2D eigenvalue weighted by atomic mass is 9.83. The van der Waals surface area contributed by atoms with Gasteiger partial charge in [0.1, 0.15) is 17.8 Å². The van der Waals surface area contributed by atoms with Crippen LogP contribution in [0.15, 0.2) is 61.1 Å². The summed E-state index contributed by atoms with van der Waals surface area (Å²) in [5, 5.41) is 0. The quantitative estimate of drug-likeness (QED) is 0.666. The number of aromatic nitrogens is 2. The van der Waals surface area contributed by atoms with Crippen LogP contribution in [0.4, 0.5) is 18.0 Å². The largest absolute Gasteiger partial charge is 0.490 e. The summed E-state index contributed by atoms with van der Waals surface area (Å²) >= 11 is 0.